The molecule has 0 aromatic heterocycles. The highest BCUT2D eigenvalue weighted by atomic mass is 16.5. The maximum absolute atomic E-state index is 12.0. The van der Waals surface area contributed by atoms with Gasteiger partial charge >= 0.3 is 6.03 Å². The summed E-state index contributed by atoms with van der Waals surface area (Å²) in [7, 11) is 0. The maximum Gasteiger partial charge on any atom is 0.314 e. The first kappa shape index (κ1) is 18.0. The second-order valence-electron chi connectivity index (χ2n) is 6.87. The van der Waals surface area contributed by atoms with Crippen LogP contribution in [0.5, 0.6) is 0 Å². The van der Waals surface area contributed by atoms with Gasteiger partial charge in [-0.05, 0) is 31.4 Å². The summed E-state index contributed by atoms with van der Waals surface area (Å²) in [6.07, 6.45) is 2.16. The van der Waals surface area contributed by atoms with Crippen LogP contribution in [0.25, 0.3) is 0 Å². The first-order valence-electron chi connectivity index (χ1n) is 9.40. The summed E-state index contributed by atoms with van der Waals surface area (Å²) in [5, 5.41) is 5.97. The number of benzene rings is 1. The van der Waals surface area contributed by atoms with Gasteiger partial charge in [0.1, 0.15) is 0 Å². The summed E-state index contributed by atoms with van der Waals surface area (Å²) < 4.78 is 5.44. The van der Waals surface area contributed by atoms with Crippen molar-refractivity contribution in [2.45, 2.75) is 25.8 Å². The summed E-state index contributed by atoms with van der Waals surface area (Å²) in [5.74, 6) is 0. The Morgan fingerprint density at radius 2 is 2.08 bits per heavy atom. The minimum Gasteiger partial charge on any atom is -0.380 e. The van der Waals surface area contributed by atoms with Gasteiger partial charge in [0.15, 0.2) is 0 Å². The molecule has 0 spiro atoms. The summed E-state index contributed by atoms with van der Waals surface area (Å²) in [6.45, 7) is 9.04. The standard InChI is InChI=1S/C19H30N4O2/c1-16(23-10-7-17-5-2-3-6-18(17)23)15-21-19(24)20-8-11-22-9-4-13-25-14-12-22/h2-3,5-6,16H,4,7-15H2,1H3,(H2,20,21,24)/t16-/m0/s1. The molecule has 1 atom stereocenters. The lowest BCUT2D eigenvalue weighted by molar-refractivity contribution is 0.141. The van der Waals surface area contributed by atoms with E-state index in [0.717, 1.165) is 52.2 Å². The maximum atomic E-state index is 12.0. The average Bonchev–Trinajstić information content (AvgIpc) is 2.89. The average molecular weight is 346 g/mol. The van der Waals surface area contributed by atoms with E-state index >= 15 is 0 Å². The molecule has 2 N–H and O–H groups in total. The fourth-order valence-corrected chi connectivity index (χ4v) is 3.58. The molecule has 0 aliphatic carbocycles. The predicted molar refractivity (Wildman–Crippen MR) is 100 cm³/mol. The lowest BCUT2D eigenvalue weighted by Crippen LogP contribution is -2.46. The number of amides is 2. The summed E-state index contributed by atoms with van der Waals surface area (Å²) >= 11 is 0. The highest BCUT2D eigenvalue weighted by Gasteiger charge is 2.23. The van der Waals surface area contributed by atoms with Gasteiger partial charge in [-0.25, -0.2) is 4.79 Å². The molecule has 0 bridgehead atoms. The zero-order chi connectivity index (χ0) is 17.5. The summed E-state index contributed by atoms with van der Waals surface area (Å²) in [5.41, 5.74) is 2.71. The minimum atomic E-state index is -0.0783. The molecule has 1 aromatic carbocycles. The molecule has 1 aromatic rings. The molecule has 25 heavy (non-hydrogen) atoms. The highest BCUT2D eigenvalue weighted by Crippen LogP contribution is 2.28. The molecule has 3 rings (SSSR count). The number of fused-ring (bicyclic) bond motifs is 1. The van der Waals surface area contributed by atoms with E-state index in [1.54, 1.807) is 0 Å². The molecule has 1 fully saturated rings. The van der Waals surface area contributed by atoms with Crippen molar-refractivity contribution in [2.24, 2.45) is 0 Å². The fraction of sp³-hybridized carbons (Fsp3) is 0.632. The third-order valence-electron chi connectivity index (χ3n) is 5.04. The van der Waals surface area contributed by atoms with Gasteiger partial charge in [0.2, 0.25) is 0 Å². The monoisotopic (exact) mass is 346 g/mol. The summed E-state index contributed by atoms with van der Waals surface area (Å²) in [4.78, 5) is 16.8. The first-order chi connectivity index (χ1) is 12.2. The number of hydrogen-bond donors (Lipinski definition) is 2. The van der Waals surface area contributed by atoms with Gasteiger partial charge in [-0.2, -0.15) is 0 Å². The van der Waals surface area contributed by atoms with E-state index in [2.05, 4.69) is 51.6 Å². The number of para-hydroxylation sites is 1. The van der Waals surface area contributed by atoms with Crippen molar-refractivity contribution >= 4 is 11.7 Å². The number of urea groups is 1. The second-order valence-corrected chi connectivity index (χ2v) is 6.87. The zero-order valence-corrected chi connectivity index (χ0v) is 15.2. The van der Waals surface area contributed by atoms with Gasteiger partial charge in [0.05, 0.1) is 6.61 Å². The second kappa shape index (κ2) is 9.06. The van der Waals surface area contributed by atoms with Crippen LogP contribution in [0.4, 0.5) is 10.5 Å². The fourth-order valence-electron chi connectivity index (χ4n) is 3.58. The van der Waals surface area contributed by atoms with E-state index in [9.17, 15) is 4.79 Å². The van der Waals surface area contributed by atoms with Crippen molar-refractivity contribution in [1.82, 2.24) is 15.5 Å². The quantitative estimate of drug-likeness (QED) is 0.819. The van der Waals surface area contributed by atoms with Crippen LogP contribution in [0.2, 0.25) is 0 Å². The lowest BCUT2D eigenvalue weighted by atomic mass is 10.2. The van der Waals surface area contributed by atoms with Crippen molar-refractivity contribution in [3.8, 4) is 0 Å². The Hall–Kier alpha value is -1.79. The third kappa shape index (κ3) is 5.09. The van der Waals surface area contributed by atoms with Crippen LogP contribution in [0.3, 0.4) is 0 Å². The lowest BCUT2D eigenvalue weighted by Gasteiger charge is -2.27. The summed E-state index contributed by atoms with van der Waals surface area (Å²) in [6, 6.07) is 8.75. The van der Waals surface area contributed by atoms with E-state index in [1.165, 1.54) is 11.3 Å². The molecule has 6 heteroatoms. The molecule has 6 nitrogen and oxygen atoms in total. The molecule has 2 amide bonds. The van der Waals surface area contributed by atoms with E-state index in [4.69, 9.17) is 4.74 Å². The van der Waals surface area contributed by atoms with Crippen LogP contribution in [0.1, 0.15) is 18.9 Å². The van der Waals surface area contributed by atoms with Crippen LogP contribution < -0.4 is 15.5 Å². The Labute approximate surface area is 150 Å². The molecular weight excluding hydrogens is 316 g/mol. The SMILES string of the molecule is C[C@@H](CNC(=O)NCCN1CCCOCC1)N1CCc2ccccc21. The van der Waals surface area contributed by atoms with E-state index in [0.29, 0.717) is 13.1 Å². The molecule has 2 aliphatic heterocycles. The topological polar surface area (TPSA) is 56.8 Å². The molecule has 0 radical (unpaired) electrons. The van der Waals surface area contributed by atoms with Crippen LogP contribution in [0.15, 0.2) is 24.3 Å². The van der Waals surface area contributed by atoms with Crippen molar-refractivity contribution in [1.29, 1.82) is 0 Å². The van der Waals surface area contributed by atoms with E-state index in [-0.39, 0.29) is 12.1 Å². The smallest absolute Gasteiger partial charge is 0.314 e. The van der Waals surface area contributed by atoms with Crippen LogP contribution >= 0.6 is 0 Å². The zero-order valence-electron chi connectivity index (χ0n) is 15.2. The number of nitrogens with zero attached hydrogens (tertiary/aromatic N) is 2. The van der Waals surface area contributed by atoms with Gasteiger partial charge in [0.25, 0.3) is 0 Å². The largest absolute Gasteiger partial charge is 0.380 e. The Bertz CT molecular complexity index is 558. The molecular formula is C19H30N4O2. The number of carbonyl (C=O) groups is 1. The van der Waals surface area contributed by atoms with Crippen LogP contribution in [-0.4, -0.2) is 69.5 Å². The molecule has 0 saturated carbocycles. The van der Waals surface area contributed by atoms with Crippen molar-refractivity contribution in [3.05, 3.63) is 29.8 Å². The number of anilines is 1. The van der Waals surface area contributed by atoms with Crippen molar-refractivity contribution in [3.63, 3.8) is 0 Å². The van der Waals surface area contributed by atoms with Gasteiger partial charge in [0, 0.05) is 57.6 Å². The van der Waals surface area contributed by atoms with Crippen molar-refractivity contribution in [2.75, 3.05) is 57.4 Å². The van der Waals surface area contributed by atoms with Crippen molar-refractivity contribution < 1.29 is 9.53 Å². The number of ether oxygens (including phenoxy) is 1. The number of rotatable bonds is 6. The van der Waals surface area contributed by atoms with Gasteiger partial charge in [-0.15, -0.1) is 0 Å². The molecule has 138 valence electrons. The highest BCUT2D eigenvalue weighted by molar-refractivity contribution is 5.74. The van der Waals surface area contributed by atoms with Gasteiger partial charge < -0.3 is 20.3 Å². The number of hydrogen-bond acceptors (Lipinski definition) is 4. The normalized spacial score (nSPS) is 19.2. The first-order valence-corrected chi connectivity index (χ1v) is 9.40. The minimum absolute atomic E-state index is 0.0783. The Balaban J connectivity index is 1.35. The molecule has 2 heterocycles. The molecule has 1 saturated heterocycles. The number of nitrogens with one attached hydrogen (secondary N) is 2. The van der Waals surface area contributed by atoms with Crippen LogP contribution in [0, 0.1) is 0 Å². The van der Waals surface area contributed by atoms with Gasteiger partial charge in [-0.3, -0.25) is 4.90 Å². The Kier molecular flexibility index (Phi) is 6.53. The van der Waals surface area contributed by atoms with E-state index in [1.807, 2.05) is 0 Å². The third-order valence-corrected chi connectivity index (χ3v) is 5.04. The Morgan fingerprint density at radius 3 is 3.00 bits per heavy atom. The molecule has 0 unspecified atom stereocenters. The predicted octanol–water partition coefficient (Wildman–Crippen LogP) is 1.46. The Morgan fingerprint density at radius 1 is 1.20 bits per heavy atom. The van der Waals surface area contributed by atoms with Crippen LogP contribution in [-0.2, 0) is 11.2 Å². The van der Waals surface area contributed by atoms with E-state index < -0.39 is 0 Å². The number of carbonyl (C=O) groups excluding carboxylic acids is 1. The molecule has 2 aliphatic rings. The van der Waals surface area contributed by atoms with Gasteiger partial charge in [-0.1, -0.05) is 18.2 Å².